The summed E-state index contributed by atoms with van der Waals surface area (Å²) in [6.07, 6.45) is 0. The fourth-order valence-corrected chi connectivity index (χ4v) is 2.80. The lowest BCUT2D eigenvalue weighted by Crippen LogP contribution is -1.85. The van der Waals surface area contributed by atoms with E-state index in [2.05, 4.69) is 30.3 Å². The minimum atomic E-state index is 0.157. The fourth-order valence-electron chi connectivity index (χ4n) is 2.80. The fraction of sp³-hybridized carbons (Fsp3) is 0. The summed E-state index contributed by atoms with van der Waals surface area (Å²) in [5.74, 6) is 0.157. The van der Waals surface area contributed by atoms with Gasteiger partial charge in [0.2, 0.25) is 0 Å². The van der Waals surface area contributed by atoms with Crippen molar-refractivity contribution in [3.05, 3.63) is 78.9 Å². The van der Waals surface area contributed by atoms with E-state index >= 15 is 0 Å². The van der Waals surface area contributed by atoms with Crippen LogP contribution in [-0.2, 0) is 0 Å². The van der Waals surface area contributed by atoms with Crippen molar-refractivity contribution >= 4 is 21.5 Å². The highest BCUT2D eigenvalue weighted by Crippen LogP contribution is 2.35. The average Bonchev–Trinajstić information content (AvgIpc) is 2.53. The van der Waals surface area contributed by atoms with Crippen LogP contribution in [0.2, 0.25) is 0 Å². The SMILES string of the molecule is Oc1[c]c(-c2[c]ccc3ccccc23)c2ccccc2c1. The molecule has 21 heavy (non-hydrogen) atoms. The van der Waals surface area contributed by atoms with Gasteiger partial charge in [0.05, 0.1) is 0 Å². The van der Waals surface area contributed by atoms with Gasteiger partial charge in [-0.3, -0.25) is 0 Å². The van der Waals surface area contributed by atoms with Crippen LogP contribution in [0.25, 0.3) is 32.7 Å². The van der Waals surface area contributed by atoms with Crippen LogP contribution >= 0.6 is 0 Å². The molecule has 0 bridgehead atoms. The quantitative estimate of drug-likeness (QED) is 0.517. The Balaban J connectivity index is 2.14. The molecule has 1 heteroatoms. The molecule has 0 saturated heterocycles. The molecule has 0 aromatic heterocycles. The number of rotatable bonds is 1. The molecule has 1 nitrogen and oxygen atoms in total. The Morgan fingerprint density at radius 3 is 2.19 bits per heavy atom. The Morgan fingerprint density at radius 1 is 0.714 bits per heavy atom. The highest BCUT2D eigenvalue weighted by atomic mass is 16.3. The third kappa shape index (κ3) is 1.95. The molecule has 0 aliphatic rings. The summed E-state index contributed by atoms with van der Waals surface area (Å²) in [6, 6.07) is 28.3. The first-order chi connectivity index (χ1) is 10.3. The molecular weight excluding hydrogens is 256 g/mol. The first-order valence-electron chi connectivity index (χ1n) is 6.87. The Morgan fingerprint density at radius 2 is 1.38 bits per heavy atom. The van der Waals surface area contributed by atoms with Crippen molar-refractivity contribution in [1.29, 1.82) is 0 Å². The largest absolute Gasteiger partial charge is 0.507 e. The van der Waals surface area contributed by atoms with Gasteiger partial charge < -0.3 is 5.11 Å². The van der Waals surface area contributed by atoms with E-state index in [1.165, 1.54) is 0 Å². The lowest BCUT2D eigenvalue weighted by atomic mass is 9.94. The van der Waals surface area contributed by atoms with Gasteiger partial charge in [0.15, 0.2) is 0 Å². The third-order valence-corrected chi connectivity index (χ3v) is 3.75. The third-order valence-electron chi connectivity index (χ3n) is 3.75. The zero-order chi connectivity index (χ0) is 14.2. The van der Waals surface area contributed by atoms with E-state index in [4.69, 9.17) is 0 Å². The number of hydrogen-bond acceptors (Lipinski definition) is 1. The second-order valence-electron chi connectivity index (χ2n) is 5.06. The Labute approximate surface area is 123 Å². The molecule has 0 saturated carbocycles. The van der Waals surface area contributed by atoms with Crippen molar-refractivity contribution in [3.63, 3.8) is 0 Å². The van der Waals surface area contributed by atoms with Crippen LogP contribution in [-0.4, -0.2) is 5.11 Å². The van der Waals surface area contributed by atoms with Crippen LogP contribution in [0.4, 0.5) is 0 Å². The summed E-state index contributed by atoms with van der Waals surface area (Å²) >= 11 is 0. The normalized spacial score (nSPS) is 11.0. The molecule has 0 amide bonds. The Bertz CT molecular complexity index is 949. The van der Waals surface area contributed by atoms with E-state index in [1.807, 2.05) is 42.5 Å². The van der Waals surface area contributed by atoms with Crippen molar-refractivity contribution in [2.24, 2.45) is 0 Å². The van der Waals surface area contributed by atoms with E-state index in [1.54, 1.807) is 6.07 Å². The molecule has 0 fully saturated rings. The standard InChI is InChI=1S/C20H12O/c21-16-12-15-7-2-4-10-18(15)20(13-16)19-11-5-8-14-6-1-3-9-17(14)19/h1-10,12,21H. The van der Waals surface area contributed by atoms with E-state index in [0.717, 1.165) is 32.7 Å². The molecule has 1 N–H and O–H groups in total. The van der Waals surface area contributed by atoms with Gasteiger partial charge in [-0.1, -0.05) is 60.7 Å². The molecule has 4 aromatic carbocycles. The molecule has 2 radical (unpaired) electrons. The average molecular weight is 268 g/mol. The summed E-state index contributed by atoms with van der Waals surface area (Å²) < 4.78 is 0. The molecule has 0 aliphatic heterocycles. The van der Waals surface area contributed by atoms with Crippen LogP contribution in [0.15, 0.2) is 66.7 Å². The zero-order valence-corrected chi connectivity index (χ0v) is 11.3. The highest BCUT2D eigenvalue weighted by Gasteiger charge is 2.09. The summed E-state index contributed by atoms with van der Waals surface area (Å²) in [4.78, 5) is 0. The second kappa shape index (κ2) is 4.64. The van der Waals surface area contributed by atoms with E-state index < -0.39 is 0 Å². The smallest absolute Gasteiger partial charge is 0.124 e. The molecule has 0 unspecified atom stereocenters. The minimum absolute atomic E-state index is 0.157. The van der Waals surface area contributed by atoms with Crippen molar-refractivity contribution in [3.8, 4) is 16.9 Å². The molecule has 0 spiro atoms. The van der Waals surface area contributed by atoms with E-state index in [9.17, 15) is 5.11 Å². The second-order valence-corrected chi connectivity index (χ2v) is 5.06. The van der Waals surface area contributed by atoms with Gasteiger partial charge in [-0.25, -0.2) is 0 Å². The van der Waals surface area contributed by atoms with Crippen LogP contribution in [0.3, 0.4) is 0 Å². The number of hydrogen-bond donors (Lipinski definition) is 1. The van der Waals surface area contributed by atoms with E-state index in [0.29, 0.717) is 0 Å². The van der Waals surface area contributed by atoms with E-state index in [-0.39, 0.29) is 5.75 Å². The maximum atomic E-state index is 9.98. The minimum Gasteiger partial charge on any atom is -0.507 e. The van der Waals surface area contributed by atoms with Crippen LogP contribution in [0.5, 0.6) is 5.75 Å². The number of fused-ring (bicyclic) bond motifs is 2. The van der Waals surface area contributed by atoms with Gasteiger partial charge in [0.25, 0.3) is 0 Å². The monoisotopic (exact) mass is 268 g/mol. The van der Waals surface area contributed by atoms with Crippen LogP contribution in [0, 0.1) is 12.1 Å². The summed E-state index contributed by atoms with van der Waals surface area (Å²) in [7, 11) is 0. The molecule has 0 aliphatic carbocycles. The molecule has 0 heterocycles. The lowest BCUT2D eigenvalue weighted by Gasteiger charge is -2.10. The molecule has 98 valence electrons. The first-order valence-corrected chi connectivity index (χ1v) is 6.87. The van der Waals surface area contributed by atoms with Crippen LogP contribution in [0.1, 0.15) is 0 Å². The summed E-state index contributed by atoms with van der Waals surface area (Å²) in [6.45, 7) is 0. The number of benzene rings is 4. The number of phenols is 1. The topological polar surface area (TPSA) is 20.2 Å². The zero-order valence-electron chi connectivity index (χ0n) is 11.3. The van der Waals surface area contributed by atoms with Crippen molar-refractivity contribution in [2.45, 2.75) is 0 Å². The van der Waals surface area contributed by atoms with Gasteiger partial charge in [0.1, 0.15) is 5.75 Å². The van der Waals surface area contributed by atoms with Gasteiger partial charge in [0, 0.05) is 11.6 Å². The van der Waals surface area contributed by atoms with Crippen LogP contribution < -0.4 is 0 Å². The summed E-state index contributed by atoms with van der Waals surface area (Å²) in [5, 5.41) is 14.3. The lowest BCUT2D eigenvalue weighted by molar-refractivity contribution is 0.475. The maximum absolute atomic E-state index is 9.98. The predicted octanol–water partition coefficient (Wildman–Crippen LogP) is 4.97. The number of aromatic hydroxyl groups is 1. The Hall–Kier alpha value is -2.80. The molecule has 4 rings (SSSR count). The van der Waals surface area contributed by atoms with Gasteiger partial charge in [-0.2, -0.15) is 0 Å². The Kier molecular flexibility index (Phi) is 2.65. The van der Waals surface area contributed by atoms with Gasteiger partial charge in [-0.15, -0.1) is 0 Å². The molecule has 4 aromatic rings. The number of phenolic OH excluding ortho intramolecular Hbond substituents is 1. The molecule has 0 atom stereocenters. The highest BCUT2D eigenvalue weighted by molar-refractivity contribution is 6.05. The summed E-state index contributed by atoms with van der Waals surface area (Å²) in [5.41, 5.74) is 1.86. The predicted molar refractivity (Wildman–Crippen MR) is 86.2 cm³/mol. The maximum Gasteiger partial charge on any atom is 0.124 e. The first kappa shape index (κ1) is 12.0. The van der Waals surface area contributed by atoms with Crippen molar-refractivity contribution in [2.75, 3.05) is 0 Å². The van der Waals surface area contributed by atoms with Gasteiger partial charge in [-0.05, 0) is 39.2 Å². The van der Waals surface area contributed by atoms with Crippen molar-refractivity contribution < 1.29 is 5.11 Å². The van der Waals surface area contributed by atoms with Crippen molar-refractivity contribution in [1.82, 2.24) is 0 Å². The molecular formula is C20H12O. The van der Waals surface area contributed by atoms with Gasteiger partial charge >= 0.3 is 0 Å².